The Kier molecular flexibility index (Phi) is 4.71. The van der Waals surface area contributed by atoms with Crippen LogP contribution in [-0.4, -0.2) is 38.3 Å². The largest absolute Gasteiger partial charge is 0.344 e. The zero-order valence-electron chi connectivity index (χ0n) is 13.5. The van der Waals surface area contributed by atoms with E-state index in [4.69, 9.17) is 16.1 Å². The number of likely N-dealkylation sites (tertiary alicyclic amines) is 1. The molecule has 0 N–H and O–H groups in total. The minimum absolute atomic E-state index is 0.0757. The number of amides is 1. The van der Waals surface area contributed by atoms with E-state index in [0.29, 0.717) is 11.3 Å². The minimum atomic E-state index is 0.0757. The molecule has 6 nitrogen and oxygen atoms in total. The van der Waals surface area contributed by atoms with Crippen LogP contribution in [0.5, 0.6) is 0 Å². The van der Waals surface area contributed by atoms with Crippen molar-refractivity contribution in [2.24, 2.45) is 0 Å². The SMILES string of the molecule is Cc1cnn(C[C@@H]2CCCCN2C(=O)Cc2c(C)noc2Cl)c1. The Balaban J connectivity index is 1.71. The van der Waals surface area contributed by atoms with Gasteiger partial charge in [-0.15, -0.1) is 0 Å². The van der Waals surface area contributed by atoms with Gasteiger partial charge in [0, 0.05) is 18.3 Å². The molecule has 1 aliphatic heterocycles. The normalized spacial score (nSPS) is 18.4. The third kappa shape index (κ3) is 3.58. The van der Waals surface area contributed by atoms with E-state index in [1.807, 2.05) is 28.9 Å². The lowest BCUT2D eigenvalue weighted by molar-refractivity contribution is -0.134. The molecule has 124 valence electrons. The zero-order chi connectivity index (χ0) is 16.4. The standard InChI is InChI=1S/C16H21ClN4O2/c1-11-8-18-20(9-11)10-13-5-3-4-6-21(13)15(22)7-14-12(2)19-23-16(14)17/h8-9,13H,3-7,10H2,1-2H3/t13-/m0/s1. The van der Waals surface area contributed by atoms with Gasteiger partial charge in [-0.2, -0.15) is 5.10 Å². The van der Waals surface area contributed by atoms with Gasteiger partial charge in [-0.3, -0.25) is 9.48 Å². The molecular formula is C16H21ClN4O2. The van der Waals surface area contributed by atoms with Crippen LogP contribution in [0.1, 0.15) is 36.1 Å². The number of hydrogen-bond acceptors (Lipinski definition) is 4. The minimum Gasteiger partial charge on any atom is -0.344 e. The Labute approximate surface area is 140 Å². The molecule has 7 heteroatoms. The summed E-state index contributed by atoms with van der Waals surface area (Å²) in [5.74, 6) is 0.0757. The molecule has 1 aliphatic rings. The topological polar surface area (TPSA) is 64.2 Å². The third-order valence-corrected chi connectivity index (χ3v) is 4.67. The van der Waals surface area contributed by atoms with Gasteiger partial charge in [0.15, 0.2) is 0 Å². The summed E-state index contributed by atoms with van der Waals surface area (Å²) in [6.07, 6.45) is 7.27. The van der Waals surface area contributed by atoms with Gasteiger partial charge in [0.2, 0.25) is 11.1 Å². The molecule has 0 radical (unpaired) electrons. The third-order valence-electron chi connectivity index (χ3n) is 4.37. The van der Waals surface area contributed by atoms with Crippen molar-refractivity contribution < 1.29 is 9.32 Å². The summed E-state index contributed by atoms with van der Waals surface area (Å²) in [6, 6.07) is 0.175. The number of halogens is 1. The van der Waals surface area contributed by atoms with Gasteiger partial charge in [0.1, 0.15) is 0 Å². The monoisotopic (exact) mass is 336 g/mol. The first-order valence-electron chi connectivity index (χ1n) is 7.94. The average molecular weight is 337 g/mol. The summed E-state index contributed by atoms with van der Waals surface area (Å²) in [5, 5.41) is 8.37. The van der Waals surface area contributed by atoms with Crippen molar-refractivity contribution in [1.29, 1.82) is 0 Å². The molecule has 0 unspecified atom stereocenters. The number of rotatable bonds is 4. The summed E-state index contributed by atoms with van der Waals surface area (Å²) in [7, 11) is 0. The van der Waals surface area contributed by atoms with E-state index in [-0.39, 0.29) is 23.6 Å². The zero-order valence-corrected chi connectivity index (χ0v) is 14.2. The van der Waals surface area contributed by atoms with Crippen LogP contribution < -0.4 is 0 Å². The Morgan fingerprint density at radius 3 is 2.91 bits per heavy atom. The van der Waals surface area contributed by atoms with Crippen LogP contribution in [0.4, 0.5) is 0 Å². The molecule has 2 aromatic heterocycles. The van der Waals surface area contributed by atoms with Crippen molar-refractivity contribution in [1.82, 2.24) is 19.8 Å². The molecule has 0 bridgehead atoms. The second-order valence-electron chi connectivity index (χ2n) is 6.17. The van der Waals surface area contributed by atoms with E-state index >= 15 is 0 Å². The van der Waals surface area contributed by atoms with Gasteiger partial charge in [-0.1, -0.05) is 5.16 Å². The number of carbonyl (C=O) groups is 1. The van der Waals surface area contributed by atoms with Crippen LogP contribution in [-0.2, 0) is 17.8 Å². The molecule has 1 saturated heterocycles. The van der Waals surface area contributed by atoms with Gasteiger partial charge in [0.05, 0.1) is 30.9 Å². The van der Waals surface area contributed by atoms with Gasteiger partial charge in [-0.05, 0) is 50.3 Å². The smallest absolute Gasteiger partial charge is 0.229 e. The maximum absolute atomic E-state index is 12.7. The lowest BCUT2D eigenvalue weighted by Crippen LogP contribution is -2.46. The van der Waals surface area contributed by atoms with E-state index in [1.165, 1.54) is 0 Å². The van der Waals surface area contributed by atoms with Crippen LogP contribution in [0.15, 0.2) is 16.9 Å². The van der Waals surface area contributed by atoms with Crippen molar-refractivity contribution >= 4 is 17.5 Å². The highest BCUT2D eigenvalue weighted by Crippen LogP contribution is 2.23. The second kappa shape index (κ2) is 6.74. The first-order chi connectivity index (χ1) is 11.0. The summed E-state index contributed by atoms with van der Waals surface area (Å²) in [4.78, 5) is 14.7. The number of aryl methyl sites for hydroxylation is 2. The van der Waals surface area contributed by atoms with E-state index in [1.54, 1.807) is 6.92 Å². The van der Waals surface area contributed by atoms with Gasteiger partial charge < -0.3 is 9.42 Å². The predicted octanol–water partition coefficient (Wildman–Crippen LogP) is 2.77. The first kappa shape index (κ1) is 16.1. The first-order valence-corrected chi connectivity index (χ1v) is 8.31. The van der Waals surface area contributed by atoms with Crippen molar-refractivity contribution in [2.45, 2.75) is 52.1 Å². The average Bonchev–Trinajstić information content (AvgIpc) is 3.08. The van der Waals surface area contributed by atoms with Crippen molar-refractivity contribution in [3.63, 3.8) is 0 Å². The van der Waals surface area contributed by atoms with Crippen LogP contribution in [0.25, 0.3) is 0 Å². The molecule has 0 spiro atoms. The van der Waals surface area contributed by atoms with Gasteiger partial charge in [0.25, 0.3) is 0 Å². The van der Waals surface area contributed by atoms with Gasteiger partial charge in [-0.25, -0.2) is 0 Å². The summed E-state index contributed by atoms with van der Waals surface area (Å²) in [6.45, 7) is 5.34. The van der Waals surface area contributed by atoms with Crippen molar-refractivity contribution in [2.75, 3.05) is 6.54 Å². The fraction of sp³-hybridized carbons (Fsp3) is 0.562. The molecule has 3 heterocycles. The molecular weight excluding hydrogens is 316 g/mol. The number of piperidine rings is 1. The fourth-order valence-corrected chi connectivity index (χ4v) is 3.35. The lowest BCUT2D eigenvalue weighted by atomic mass is 10.0. The Morgan fingerprint density at radius 1 is 1.43 bits per heavy atom. The maximum atomic E-state index is 12.7. The number of hydrogen-bond donors (Lipinski definition) is 0. The van der Waals surface area contributed by atoms with E-state index in [2.05, 4.69) is 10.3 Å². The summed E-state index contributed by atoms with van der Waals surface area (Å²) >= 11 is 5.98. The van der Waals surface area contributed by atoms with Crippen LogP contribution in [0, 0.1) is 13.8 Å². The van der Waals surface area contributed by atoms with Crippen LogP contribution in [0.2, 0.25) is 5.22 Å². The second-order valence-corrected chi connectivity index (χ2v) is 6.52. The molecule has 0 aromatic carbocycles. The fourth-order valence-electron chi connectivity index (χ4n) is 3.11. The summed E-state index contributed by atoms with van der Waals surface area (Å²) in [5.41, 5.74) is 2.50. The van der Waals surface area contributed by atoms with Crippen molar-refractivity contribution in [3.8, 4) is 0 Å². The molecule has 0 aliphatic carbocycles. The van der Waals surface area contributed by atoms with E-state index in [9.17, 15) is 4.79 Å². The Bertz CT molecular complexity index is 675. The Morgan fingerprint density at radius 2 is 2.26 bits per heavy atom. The molecule has 1 amide bonds. The number of nitrogens with zero attached hydrogens (tertiary/aromatic N) is 4. The maximum Gasteiger partial charge on any atom is 0.229 e. The molecule has 0 saturated carbocycles. The van der Waals surface area contributed by atoms with Crippen LogP contribution in [0.3, 0.4) is 0 Å². The number of carbonyl (C=O) groups excluding carboxylic acids is 1. The summed E-state index contributed by atoms with van der Waals surface area (Å²) < 4.78 is 6.86. The molecule has 1 atom stereocenters. The highest BCUT2D eigenvalue weighted by atomic mass is 35.5. The molecule has 1 fully saturated rings. The highest BCUT2D eigenvalue weighted by molar-refractivity contribution is 6.29. The molecule has 3 rings (SSSR count). The van der Waals surface area contributed by atoms with Crippen LogP contribution >= 0.6 is 11.6 Å². The van der Waals surface area contributed by atoms with E-state index < -0.39 is 0 Å². The lowest BCUT2D eigenvalue weighted by Gasteiger charge is -2.35. The molecule has 2 aromatic rings. The quantitative estimate of drug-likeness (QED) is 0.861. The number of aromatic nitrogens is 3. The highest BCUT2D eigenvalue weighted by Gasteiger charge is 2.28. The van der Waals surface area contributed by atoms with E-state index in [0.717, 1.165) is 37.9 Å². The Hall–Kier alpha value is -1.82. The predicted molar refractivity (Wildman–Crippen MR) is 86.3 cm³/mol. The van der Waals surface area contributed by atoms with Crippen molar-refractivity contribution in [3.05, 3.63) is 34.4 Å². The molecule has 23 heavy (non-hydrogen) atoms. The van der Waals surface area contributed by atoms with Gasteiger partial charge >= 0.3 is 0 Å².